The molecule has 0 radical (unpaired) electrons. The van der Waals surface area contributed by atoms with Gasteiger partial charge in [0.1, 0.15) is 6.10 Å². The molecule has 2 saturated heterocycles. The van der Waals surface area contributed by atoms with Crippen molar-refractivity contribution >= 4 is 29.5 Å². The smallest absolute Gasteiger partial charge is 0.286 e. The van der Waals surface area contributed by atoms with Gasteiger partial charge in [-0.15, -0.1) is 0 Å². The summed E-state index contributed by atoms with van der Waals surface area (Å²) in [6.07, 6.45) is 6.05. The minimum atomic E-state index is -0.236. The molecule has 1 saturated carbocycles. The molecule has 4 rings (SSSR count). The zero-order valence-electron chi connectivity index (χ0n) is 14.6. The number of carbonyl (C=O) groups excluding carboxylic acids is 2. The van der Waals surface area contributed by atoms with Gasteiger partial charge in [0.25, 0.3) is 5.91 Å². The lowest BCUT2D eigenvalue weighted by molar-refractivity contribution is -0.140. The van der Waals surface area contributed by atoms with Crippen molar-refractivity contribution in [3.63, 3.8) is 0 Å². The highest BCUT2D eigenvalue weighted by Gasteiger charge is 2.41. The maximum atomic E-state index is 12.6. The highest BCUT2D eigenvalue weighted by molar-refractivity contribution is 6.32. The Bertz CT molecular complexity index is 742. The zero-order chi connectivity index (χ0) is 18.1. The standard InChI is InChI=1S/C20H23ClN2O3/c21-15-6-2-1-5-13(15)12-18-19(24)22-16-11-14(7-8-17(16)26-18)20(25)23-9-3-4-10-23/h1-2,5-6,12,14,16-17H,3-4,7-11H2,(H,22,24)/b18-12-. The fraction of sp³-hybridized carbons (Fsp3) is 0.500. The third kappa shape index (κ3) is 3.45. The number of halogens is 1. The van der Waals surface area contributed by atoms with E-state index in [0.717, 1.165) is 44.3 Å². The molecule has 26 heavy (non-hydrogen) atoms. The van der Waals surface area contributed by atoms with E-state index in [0.29, 0.717) is 17.2 Å². The number of rotatable bonds is 2. The third-order valence-electron chi connectivity index (χ3n) is 5.56. The van der Waals surface area contributed by atoms with Crippen molar-refractivity contribution in [2.45, 2.75) is 44.2 Å². The van der Waals surface area contributed by atoms with Crippen LogP contribution < -0.4 is 5.32 Å². The second-order valence-corrected chi connectivity index (χ2v) is 7.72. The number of carbonyl (C=O) groups is 2. The summed E-state index contributed by atoms with van der Waals surface area (Å²) in [4.78, 5) is 27.1. The van der Waals surface area contributed by atoms with Crippen LogP contribution in [0.4, 0.5) is 0 Å². The molecule has 5 nitrogen and oxygen atoms in total. The van der Waals surface area contributed by atoms with Crippen LogP contribution in [-0.4, -0.2) is 41.9 Å². The first-order valence-electron chi connectivity index (χ1n) is 9.34. The Balaban J connectivity index is 1.44. The van der Waals surface area contributed by atoms with Gasteiger partial charge in [0.15, 0.2) is 5.76 Å². The van der Waals surface area contributed by atoms with Crippen LogP contribution >= 0.6 is 11.6 Å². The van der Waals surface area contributed by atoms with Crippen LogP contribution in [0.1, 0.15) is 37.7 Å². The number of morpholine rings is 1. The number of fused-ring (bicyclic) bond motifs is 1. The molecule has 0 aromatic heterocycles. The Labute approximate surface area is 158 Å². The van der Waals surface area contributed by atoms with Gasteiger partial charge in [0.2, 0.25) is 5.91 Å². The van der Waals surface area contributed by atoms with Gasteiger partial charge in [0.05, 0.1) is 6.04 Å². The fourth-order valence-electron chi connectivity index (χ4n) is 4.14. The lowest BCUT2D eigenvalue weighted by Gasteiger charge is -2.40. The van der Waals surface area contributed by atoms with Crippen molar-refractivity contribution in [2.24, 2.45) is 5.92 Å². The number of nitrogens with zero attached hydrogens (tertiary/aromatic N) is 1. The van der Waals surface area contributed by atoms with Crippen molar-refractivity contribution < 1.29 is 14.3 Å². The van der Waals surface area contributed by atoms with E-state index >= 15 is 0 Å². The predicted octanol–water partition coefficient (Wildman–Crippen LogP) is 2.99. The second kappa shape index (κ2) is 7.31. The minimum Gasteiger partial charge on any atom is -0.483 e. The molecule has 3 aliphatic rings. The highest BCUT2D eigenvalue weighted by Crippen LogP contribution is 2.33. The molecule has 1 N–H and O–H groups in total. The molecular formula is C20H23ClN2O3. The Morgan fingerprint density at radius 2 is 2.00 bits per heavy atom. The normalized spacial score (nSPS) is 29.9. The molecule has 2 aliphatic heterocycles. The maximum absolute atomic E-state index is 12.6. The first kappa shape index (κ1) is 17.4. The molecule has 2 heterocycles. The number of benzene rings is 1. The van der Waals surface area contributed by atoms with E-state index in [1.807, 2.05) is 23.1 Å². The van der Waals surface area contributed by atoms with E-state index in [2.05, 4.69) is 5.32 Å². The summed E-state index contributed by atoms with van der Waals surface area (Å²) < 4.78 is 5.98. The third-order valence-corrected chi connectivity index (χ3v) is 5.91. The Kier molecular flexibility index (Phi) is 4.90. The summed E-state index contributed by atoms with van der Waals surface area (Å²) >= 11 is 6.17. The molecule has 1 aromatic carbocycles. The van der Waals surface area contributed by atoms with Gasteiger partial charge in [-0.05, 0) is 49.8 Å². The topological polar surface area (TPSA) is 58.6 Å². The first-order chi connectivity index (χ1) is 12.6. The summed E-state index contributed by atoms with van der Waals surface area (Å²) in [5.41, 5.74) is 0.760. The van der Waals surface area contributed by atoms with E-state index in [4.69, 9.17) is 16.3 Å². The van der Waals surface area contributed by atoms with Crippen molar-refractivity contribution in [3.8, 4) is 0 Å². The largest absolute Gasteiger partial charge is 0.483 e. The molecule has 0 bridgehead atoms. The minimum absolute atomic E-state index is 0.00709. The number of hydrogen-bond acceptors (Lipinski definition) is 3. The zero-order valence-corrected chi connectivity index (χ0v) is 15.4. The van der Waals surface area contributed by atoms with Crippen LogP contribution in [0.25, 0.3) is 6.08 Å². The van der Waals surface area contributed by atoms with Crippen LogP contribution in [-0.2, 0) is 14.3 Å². The Morgan fingerprint density at radius 1 is 1.23 bits per heavy atom. The summed E-state index contributed by atoms with van der Waals surface area (Å²) in [7, 11) is 0. The van der Waals surface area contributed by atoms with Crippen LogP contribution in [0, 0.1) is 5.92 Å². The van der Waals surface area contributed by atoms with E-state index in [9.17, 15) is 9.59 Å². The van der Waals surface area contributed by atoms with Crippen LogP contribution in [0.15, 0.2) is 30.0 Å². The summed E-state index contributed by atoms with van der Waals surface area (Å²) in [5.74, 6) is 0.295. The van der Waals surface area contributed by atoms with Gasteiger partial charge in [-0.2, -0.15) is 0 Å². The predicted molar refractivity (Wildman–Crippen MR) is 99.4 cm³/mol. The van der Waals surface area contributed by atoms with Crippen molar-refractivity contribution in [2.75, 3.05) is 13.1 Å². The van der Waals surface area contributed by atoms with Crippen molar-refractivity contribution in [1.29, 1.82) is 0 Å². The van der Waals surface area contributed by atoms with Gasteiger partial charge >= 0.3 is 0 Å². The van der Waals surface area contributed by atoms with Crippen LogP contribution in [0.3, 0.4) is 0 Å². The van der Waals surface area contributed by atoms with Gasteiger partial charge in [-0.1, -0.05) is 29.8 Å². The average Bonchev–Trinajstić information content (AvgIpc) is 3.18. The van der Waals surface area contributed by atoms with Crippen LogP contribution in [0.5, 0.6) is 0 Å². The van der Waals surface area contributed by atoms with E-state index in [-0.39, 0.29) is 29.9 Å². The molecule has 1 aromatic rings. The summed E-state index contributed by atoms with van der Waals surface area (Å²) in [5, 5.41) is 3.62. The number of ether oxygens (including phenoxy) is 1. The molecule has 3 atom stereocenters. The number of nitrogens with one attached hydrogen (secondary N) is 1. The Hall–Kier alpha value is -2.01. The average molecular weight is 375 g/mol. The lowest BCUT2D eigenvalue weighted by Crippen LogP contribution is -2.54. The van der Waals surface area contributed by atoms with Crippen molar-refractivity contribution in [1.82, 2.24) is 10.2 Å². The second-order valence-electron chi connectivity index (χ2n) is 7.31. The fourth-order valence-corrected chi connectivity index (χ4v) is 4.34. The van der Waals surface area contributed by atoms with Gasteiger partial charge in [-0.3, -0.25) is 9.59 Å². The monoisotopic (exact) mass is 374 g/mol. The number of likely N-dealkylation sites (tertiary alicyclic amines) is 1. The SMILES string of the molecule is O=C1NC2CC(C(=O)N3CCCC3)CCC2O/C1=C\c1ccccc1Cl. The quantitative estimate of drug-likeness (QED) is 0.809. The molecule has 2 amide bonds. The maximum Gasteiger partial charge on any atom is 0.286 e. The lowest BCUT2D eigenvalue weighted by atomic mass is 9.82. The molecule has 6 heteroatoms. The molecule has 3 unspecified atom stereocenters. The van der Waals surface area contributed by atoms with Crippen LogP contribution in [0.2, 0.25) is 5.02 Å². The van der Waals surface area contributed by atoms with E-state index in [1.165, 1.54) is 0 Å². The van der Waals surface area contributed by atoms with Gasteiger partial charge < -0.3 is 15.0 Å². The van der Waals surface area contributed by atoms with Gasteiger partial charge in [-0.25, -0.2) is 0 Å². The molecule has 3 fully saturated rings. The van der Waals surface area contributed by atoms with E-state index in [1.54, 1.807) is 12.1 Å². The molecule has 138 valence electrons. The summed E-state index contributed by atoms with van der Waals surface area (Å²) in [6.45, 7) is 1.74. The van der Waals surface area contributed by atoms with Crippen molar-refractivity contribution in [3.05, 3.63) is 40.6 Å². The Morgan fingerprint density at radius 3 is 2.77 bits per heavy atom. The molecule has 0 spiro atoms. The number of hydrogen-bond donors (Lipinski definition) is 1. The first-order valence-corrected chi connectivity index (χ1v) is 9.72. The van der Waals surface area contributed by atoms with E-state index < -0.39 is 0 Å². The molecular weight excluding hydrogens is 352 g/mol. The summed E-state index contributed by atoms with van der Waals surface area (Å²) in [6, 6.07) is 7.25. The number of amides is 2. The molecule has 1 aliphatic carbocycles. The highest BCUT2D eigenvalue weighted by atomic mass is 35.5. The van der Waals surface area contributed by atoms with Gasteiger partial charge in [0, 0.05) is 24.0 Å².